The van der Waals surface area contributed by atoms with Gasteiger partial charge in [0.1, 0.15) is 12.0 Å². The highest BCUT2D eigenvalue weighted by atomic mass is 15.0. The summed E-state index contributed by atoms with van der Waals surface area (Å²) in [4.78, 5) is 7.11. The summed E-state index contributed by atoms with van der Waals surface area (Å²) < 4.78 is 0. The largest absolute Gasteiger partial charge is 0.403 e. The van der Waals surface area contributed by atoms with Crippen LogP contribution in [-0.4, -0.2) is 4.98 Å². The van der Waals surface area contributed by atoms with Gasteiger partial charge >= 0.3 is 5.69 Å². The summed E-state index contributed by atoms with van der Waals surface area (Å²) >= 11 is 0. The van der Waals surface area contributed by atoms with Gasteiger partial charge < -0.3 is 5.32 Å². The van der Waals surface area contributed by atoms with Crippen LogP contribution in [0, 0.1) is 5.39 Å². The number of para-hydroxylation sites is 1. The highest BCUT2D eigenvalue weighted by Crippen LogP contribution is 2.16. The molecule has 0 fully saturated rings. The average Bonchev–Trinajstić information content (AvgIpc) is 2.31. The van der Waals surface area contributed by atoms with Crippen molar-refractivity contribution in [2.45, 2.75) is 0 Å². The monoisotopic (exact) mass is 197 g/mol. The van der Waals surface area contributed by atoms with Crippen LogP contribution in [0.1, 0.15) is 0 Å². The lowest BCUT2D eigenvalue weighted by atomic mass is 10.3. The molecule has 0 bridgehead atoms. The average molecular weight is 197 g/mol. The van der Waals surface area contributed by atoms with Crippen molar-refractivity contribution in [3.05, 3.63) is 53.6 Å². The van der Waals surface area contributed by atoms with Crippen LogP contribution < -0.4 is 5.32 Å². The number of pyridine rings is 1. The molecule has 15 heavy (non-hydrogen) atoms. The van der Waals surface area contributed by atoms with E-state index in [4.69, 9.17) is 5.39 Å². The van der Waals surface area contributed by atoms with Crippen molar-refractivity contribution in [2.75, 3.05) is 5.32 Å². The van der Waals surface area contributed by atoms with Crippen molar-refractivity contribution in [3.63, 3.8) is 0 Å². The van der Waals surface area contributed by atoms with Crippen molar-refractivity contribution in [1.29, 1.82) is 5.39 Å². The van der Waals surface area contributed by atoms with E-state index < -0.39 is 0 Å². The molecule has 1 heterocycles. The van der Waals surface area contributed by atoms with E-state index in [2.05, 4.69) is 15.3 Å². The first-order valence-corrected chi connectivity index (χ1v) is 4.52. The van der Waals surface area contributed by atoms with Crippen molar-refractivity contribution in [3.8, 4) is 0 Å². The molecule has 0 atom stereocenters. The van der Waals surface area contributed by atoms with Crippen molar-refractivity contribution in [1.82, 2.24) is 4.98 Å². The second kappa shape index (κ2) is 4.20. The molecule has 0 saturated carbocycles. The van der Waals surface area contributed by atoms with Gasteiger partial charge in [-0.15, -0.1) is 0 Å². The predicted octanol–water partition coefficient (Wildman–Crippen LogP) is 3.31. The first kappa shape index (κ1) is 9.16. The molecule has 0 amide bonds. The third-order valence-corrected chi connectivity index (χ3v) is 1.91. The maximum Gasteiger partial charge on any atom is 0.403 e. The van der Waals surface area contributed by atoms with Crippen LogP contribution in [0.25, 0.3) is 4.98 Å². The SMILES string of the molecule is N#[N+]c1ccc(Nc2ccccc2)nc1. The fraction of sp³-hybridized carbons (Fsp3) is 0. The zero-order chi connectivity index (χ0) is 10.5. The molecule has 1 aromatic carbocycles. The molecule has 1 N–H and O–H groups in total. The van der Waals surface area contributed by atoms with Gasteiger partial charge in [0, 0.05) is 11.8 Å². The maximum absolute atomic E-state index is 8.48. The molecule has 0 aliphatic rings. The van der Waals surface area contributed by atoms with E-state index in [1.807, 2.05) is 30.3 Å². The van der Waals surface area contributed by atoms with Gasteiger partial charge in [-0.3, -0.25) is 0 Å². The summed E-state index contributed by atoms with van der Waals surface area (Å²) in [6.45, 7) is 0. The zero-order valence-electron chi connectivity index (χ0n) is 7.96. The van der Waals surface area contributed by atoms with E-state index in [1.54, 1.807) is 12.1 Å². The summed E-state index contributed by atoms with van der Waals surface area (Å²) in [6, 6.07) is 13.2. The Bertz CT molecular complexity index is 470. The van der Waals surface area contributed by atoms with Crippen LogP contribution in [0.4, 0.5) is 17.2 Å². The summed E-state index contributed by atoms with van der Waals surface area (Å²) in [5, 5.41) is 11.6. The normalized spacial score (nSPS) is 9.27. The van der Waals surface area contributed by atoms with Gasteiger partial charge in [-0.2, -0.15) is 0 Å². The Morgan fingerprint density at radius 3 is 2.47 bits per heavy atom. The minimum atomic E-state index is 0.439. The lowest BCUT2D eigenvalue weighted by Gasteiger charge is -2.02. The van der Waals surface area contributed by atoms with Crippen molar-refractivity contribution < 1.29 is 0 Å². The highest BCUT2D eigenvalue weighted by molar-refractivity contribution is 5.57. The fourth-order valence-electron chi connectivity index (χ4n) is 1.19. The topological polar surface area (TPSA) is 53.1 Å². The van der Waals surface area contributed by atoms with E-state index in [0.29, 0.717) is 11.5 Å². The molecule has 2 aromatic rings. The Morgan fingerprint density at radius 2 is 1.87 bits per heavy atom. The van der Waals surface area contributed by atoms with Crippen LogP contribution >= 0.6 is 0 Å². The lowest BCUT2D eigenvalue weighted by Crippen LogP contribution is -1.91. The lowest BCUT2D eigenvalue weighted by molar-refractivity contribution is 1.31. The van der Waals surface area contributed by atoms with Gasteiger partial charge in [0.05, 0.1) is 0 Å². The first-order valence-electron chi connectivity index (χ1n) is 4.52. The van der Waals surface area contributed by atoms with Gasteiger partial charge in [-0.05, 0) is 18.2 Å². The van der Waals surface area contributed by atoms with Crippen LogP contribution in [0.2, 0.25) is 0 Å². The number of hydrogen-bond donors (Lipinski definition) is 1. The molecule has 0 aliphatic carbocycles. The van der Waals surface area contributed by atoms with E-state index in [0.717, 1.165) is 5.69 Å². The first-order chi connectivity index (χ1) is 7.38. The molecular weight excluding hydrogens is 188 g/mol. The molecule has 0 saturated heterocycles. The second-order valence-electron chi connectivity index (χ2n) is 2.99. The molecule has 4 nitrogen and oxygen atoms in total. The van der Waals surface area contributed by atoms with Gasteiger partial charge in [-0.1, -0.05) is 18.2 Å². The number of nitrogens with zero attached hydrogens (tertiary/aromatic N) is 3. The maximum atomic E-state index is 8.48. The Labute approximate surface area is 87.2 Å². The van der Waals surface area contributed by atoms with Crippen LogP contribution in [0.3, 0.4) is 0 Å². The number of rotatable bonds is 2. The number of diazo groups is 1. The molecule has 4 heteroatoms. The van der Waals surface area contributed by atoms with E-state index in [1.165, 1.54) is 6.20 Å². The molecule has 0 unspecified atom stereocenters. The summed E-state index contributed by atoms with van der Waals surface area (Å²) in [5.41, 5.74) is 1.41. The van der Waals surface area contributed by atoms with E-state index >= 15 is 0 Å². The predicted molar refractivity (Wildman–Crippen MR) is 58.7 cm³/mol. The third-order valence-electron chi connectivity index (χ3n) is 1.91. The third kappa shape index (κ3) is 2.29. The van der Waals surface area contributed by atoms with Gasteiger partial charge in [0.25, 0.3) is 0 Å². The van der Waals surface area contributed by atoms with E-state index in [-0.39, 0.29) is 0 Å². The standard InChI is InChI=1S/C11H9N4/c12-15-10-6-7-11(13-8-10)14-9-4-2-1-3-5-9/h1-8H,(H,13,14)/q+1. The summed E-state index contributed by atoms with van der Waals surface area (Å²) in [7, 11) is 0. The van der Waals surface area contributed by atoms with Crippen LogP contribution in [-0.2, 0) is 0 Å². The highest BCUT2D eigenvalue weighted by Gasteiger charge is 2.03. The molecule has 0 spiro atoms. The number of anilines is 2. The quantitative estimate of drug-likeness (QED) is 0.751. The molecule has 2 rings (SSSR count). The molecule has 1 aromatic heterocycles. The molecule has 0 aliphatic heterocycles. The number of benzene rings is 1. The second-order valence-corrected chi connectivity index (χ2v) is 2.99. The molecular formula is C11H9N4+. The Morgan fingerprint density at radius 1 is 1.07 bits per heavy atom. The summed E-state index contributed by atoms with van der Waals surface area (Å²) in [6.07, 6.45) is 1.49. The Balaban J connectivity index is 2.16. The fourth-order valence-corrected chi connectivity index (χ4v) is 1.19. The van der Waals surface area contributed by atoms with Gasteiger partial charge in [0.2, 0.25) is 5.39 Å². The number of hydrogen-bond acceptors (Lipinski definition) is 3. The Hall–Kier alpha value is -2.41. The smallest absolute Gasteiger partial charge is 0.340 e. The van der Waals surface area contributed by atoms with Crippen LogP contribution in [0.5, 0.6) is 0 Å². The summed E-state index contributed by atoms with van der Waals surface area (Å²) in [5.74, 6) is 0.716. The number of nitrogens with one attached hydrogen (secondary N) is 1. The molecule has 0 radical (unpaired) electrons. The minimum Gasteiger partial charge on any atom is -0.340 e. The van der Waals surface area contributed by atoms with Crippen molar-refractivity contribution in [2.24, 2.45) is 0 Å². The Kier molecular flexibility index (Phi) is 2.56. The van der Waals surface area contributed by atoms with Gasteiger partial charge in [-0.25, -0.2) is 4.98 Å². The number of aromatic nitrogens is 1. The van der Waals surface area contributed by atoms with Gasteiger partial charge in [0.15, 0.2) is 4.98 Å². The zero-order valence-corrected chi connectivity index (χ0v) is 7.96. The van der Waals surface area contributed by atoms with Crippen LogP contribution in [0.15, 0.2) is 48.7 Å². The molecule has 72 valence electrons. The minimum absolute atomic E-state index is 0.439. The van der Waals surface area contributed by atoms with E-state index in [9.17, 15) is 0 Å². The van der Waals surface area contributed by atoms with Crippen molar-refractivity contribution >= 4 is 17.2 Å².